The number of hydrogen-bond donors (Lipinski definition) is 2. The van der Waals surface area contributed by atoms with Gasteiger partial charge in [-0.3, -0.25) is 0 Å². The van der Waals surface area contributed by atoms with E-state index < -0.39 is 5.97 Å². The normalized spacial score (nSPS) is 25.9. The van der Waals surface area contributed by atoms with Crippen molar-refractivity contribution in [2.75, 3.05) is 6.54 Å². The van der Waals surface area contributed by atoms with Crippen LogP contribution < -0.4 is 5.32 Å². The molecule has 1 spiro atoms. The Labute approximate surface area is 92.9 Å². The quantitative estimate of drug-likeness (QED) is 0.775. The van der Waals surface area contributed by atoms with Crippen LogP contribution in [-0.2, 0) is 0 Å². The maximum Gasteiger partial charge on any atom is 0.354 e. The first-order valence-corrected chi connectivity index (χ1v) is 5.51. The minimum atomic E-state index is -0.995. The summed E-state index contributed by atoms with van der Waals surface area (Å²) in [5.41, 5.74) is 0.394. The van der Waals surface area contributed by atoms with Crippen LogP contribution in [0, 0.1) is 5.41 Å². The average molecular weight is 219 g/mol. The van der Waals surface area contributed by atoms with Gasteiger partial charge in [0.2, 0.25) is 0 Å². The second-order valence-electron chi connectivity index (χ2n) is 4.64. The summed E-state index contributed by atoms with van der Waals surface area (Å²) in [5, 5.41) is 12.2. The number of carboxylic acid groups (broad SMARTS) is 1. The molecule has 2 heterocycles. The van der Waals surface area contributed by atoms with E-state index in [0.717, 1.165) is 6.54 Å². The van der Waals surface area contributed by atoms with Gasteiger partial charge in [-0.25, -0.2) is 14.8 Å². The van der Waals surface area contributed by atoms with Crippen LogP contribution in [0.25, 0.3) is 0 Å². The Balaban J connectivity index is 1.89. The summed E-state index contributed by atoms with van der Waals surface area (Å²) in [6, 6.07) is 1.58. The summed E-state index contributed by atoms with van der Waals surface area (Å²) in [4.78, 5) is 19.1. The molecule has 2 N–H and O–H groups in total. The smallest absolute Gasteiger partial charge is 0.354 e. The number of rotatable bonds is 2. The lowest BCUT2D eigenvalue weighted by atomic mass is 9.59. The van der Waals surface area contributed by atoms with Gasteiger partial charge in [0.1, 0.15) is 5.82 Å². The number of carbonyl (C=O) groups is 1. The summed E-state index contributed by atoms with van der Waals surface area (Å²) >= 11 is 0. The zero-order chi connectivity index (χ0) is 11.2. The lowest BCUT2D eigenvalue weighted by Crippen LogP contribution is -2.60. The topological polar surface area (TPSA) is 75.1 Å². The Hall–Kier alpha value is -1.49. The molecule has 0 radical (unpaired) electrons. The highest BCUT2D eigenvalue weighted by Crippen LogP contribution is 2.54. The zero-order valence-electron chi connectivity index (χ0n) is 8.81. The van der Waals surface area contributed by atoms with E-state index in [4.69, 9.17) is 5.11 Å². The second-order valence-corrected chi connectivity index (χ2v) is 4.64. The summed E-state index contributed by atoms with van der Waals surface area (Å²) in [7, 11) is 0. The van der Waals surface area contributed by atoms with Crippen molar-refractivity contribution in [3.05, 3.63) is 23.8 Å². The third-order valence-corrected chi connectivity index (χ3v) is 3.77. The van der Waals surface area contributed by atoms with Crippen LogP contribution in [0.3, 0.4) is 0 Å². The first-order chi connectivity index (χ1) is 7.71. The van der Waals surface area contributed by atoms with E-state index >= 15 is 0 Å². The van der Waals surface area contributed by atoms with Crippen molar-refractivity contribution in [1.29, 1.82) is 0 Å². The van der Waals surface area contributed by atoms with Gasteiger partial charge < -0.3 is 10.4 Å². The van der Waals surface area contributed by atoms with Gasteiger partial charge in [-0.1, -0.05) is 6.42 Å². The van der Waals surface area contributed by atoms with Crippen LogP contribution in [-0.4, -0.2) is 27.6 Å². The molecule has 1 aliphatic carbocycles. The standard InChI is InChI=1S/C11H13N3O2/c15-10(16)7-2-5-12-9(14-7)8-11(6-13-8)3-1-4-11/h2,5,8,13H,1,3-4,6H2,(H,15,16). The van der Waals surface area contributed by atoms with Gasteiger partial charge in [0.15, 0.2) is 5.69 Å². The Morgan fingerprint density at radius 1 is 1.56 bits per heavy atom. The van der Waals surface area contributed by atoms with Gasteiger partial charge in [-0.2, -0.15) is 0 Å². The fourth-order valence-corrected chi connectivity index (χ4v) is 2.59. The van der Waals surface area contributed by atoms with E-state index in [1.165, 1.54) is 31.5 Å². The highest BCUT2D eigenvalue weighted by atomic mass is 16.4. The number of hydrogen-bond acceptors (Lipinski definition) is 4. The minimum Gasteiger partial charge on any atom is -0.477 e. The van der Waals surface area contributed by atoms with Crippen LogP contribution in [0.2, 0.25) is 0 Å². The van der Waals surface area contributed by atoms with Gasteiger partial charge >= 0.3 is 5.97 Å². The number of nitrogens with zero attached hydrogens (tertiary/aromatic N) is 2. The lowest BCUT2D eigenvalue weighted by molar-refractivity contribution is -0.0102. The molecule has 1 saturated heterocycles. The molecule has 84 valence electrons. The third-order valence-electron chi connectivity index (χ3n) is 3.77. The Morgan fingerprint density at radius 3 is 2.88 bits per heavy atom. The fourth-order valence-electron chi connectivity index (χ4n) is 2.59. The molecular weight excluding hydrogens is 206 g/mol. The van der Waals surface area contributed by atoms with Crippen LogP contribution in [0.15, 0.2) is 12.3 Å². The summed E-state index contributed by atoms with van der Waals surface area (Å²) in [5.74, 6) is -0.364. The maximum absolute atomic E-state index is 10.8. The molecule has 2 fully saturated rings. The van der Waals surface area contributed by atoms with E-state index in [9.17, 15) is 4.79 Å². The molecule has 1 unspecified atom stereocenters. The Bertz CT molecular complexity index is 437. The van der Waals surface area contributed by atoms with Crippen molar-refractivity contribution in [2.45, 2.75) is 25.3 Å². The molecule has 16 heavy (non-hydrogen) atoms. The zero-order valence-corrected chi connectivity index (χ0v) is 8.81. The van der Waals surface area contributed by atoms with Gasteiger partial charge in [0.05, 0.1) is 6.04 Å². The largest absolute Gasteiger partial charge is 0.477 e. The Morgan fingerprint density at radius 2 is 2.38 bits per heavy atom. The fraction of sp³-hybridized carbons (Fsp3) is 0.545. The summed E-state index contributed by atoms with van der Waals surface area (Å²) in [6.45, 7) is 1.01. The predicted molar refractivity (Wildman–Crippen MR) is 56.0 cm³/mol. The minimum absolute atomic E-state index is 0.0770. The van der Waals surface area contributed by atoms with E-state index in [1.807, 2.05) is 0 Å². The van der Waals surface area contributed by atoms with Crippen molar-refractivity contribution < 1.29 is 9.90 Å². The van der Waals surface area contributed by atoms with E-state index in [2.05, 4.69) is 15.3 Å². The maximum atomic E-state index is 10.8. The Kier molecular flexibility index (Phi) is 1.97. The molecule has 1 aromatic rings. The van der Waals surface area contributed by atoms with Gasteiger partial charge in [0, 0.05) is 18.2 Å². The molecule has 1 atom stereocenters. The van der Waals surface area contributed by atoms with Gasteiger partial charge in [-0.15, -0.1) is 0 Å². The summed E-state index contributed by atoms with van der Waals surface area (Å²) in [6.07, 6.45) is 5.19. The molecular formula is C11H13N3O2. The number of nitrogens with one attached hydrogen (secondary N) is 1. The molecule has 5 heteroatoms. The van der Waals surface area contributed by atoms with Crippen molar-refractivity contribution >= 4 is 5.97 Å². The van der Waals surface area contributed by atoms with Gasteiger partial charge in [-0.05, 0) is 18.9 Å². The highest BCUT2D eigenvalue weighted by molar-refractivity contribution is 5.85. The summed E-state index contributed by atoms with van der Waals surface area (Å²) < 4.78 is 0. The molecule has 1 aliphatic heterocycles. The van der Waals surface area contributed by atoms with Crippen LogP contribution in [0.1, 0.15) is 41.6 Å². The monoisotopic (exact) mass is 219 g/mol. The van der Waals surface area contributed by atoms with Gasteiger partial charge in [0.25, 0.3) is 0 Å². The second kappa shape index (κ2) is 3.25. The van der Waals surface area contributed by atoms with Crippen molar-refractivity contribution in [3.8, 4) is 0 Å². The molecule has 3 rings (SSSR count). The lowest BCUT2D eigenvalue weighted by Gasteiger charge is -2.55. The highest BCUT2D eigenvalue weighted by Gasteiger charge is 2.52. The first-order valence-electron chi connectivity index (χ1n) is 5.51. The number of carboxylic acids is 1. The molecule has 1 aromatic heterocycles. The molecule has 0 aromatic carbocycles. The molecule has 1 saturated carbocycles. The predicted octanol–water partition coefficient (Wildman–Crippen LogP) is 0.989. The van der Waals surface area contributed by atoms with Crippen LogP contribution in [0.5, 0.6) is 0 Å². The van der Waals surface area contributed by atoms with Crippen molar-refractivity contribution in [3.63, 3.8) is 0 Å². The van der Waals surface area contributed by atoms with Crippen molar-refractivity contribution in [1.82, 2.24) is 15.3 Å². The molecule has 5 nitrogen and oxygen atoms in total. The average Bonchev–Trinajstić information content (AvgIpc) is 2.14. The van der Waals surface area contributed by atoms with E-state index in [-0.39, 0.29) is 11.7 Å². The van der Waals surface area contributed by atoms with Crippen molar-refractivity contribution in [2.24, 2.45) is 5.41 Å². The van der Waals surface area contributed by atoms with E-state index in [1.54, 1.807) is 0 Å². The molecule has 0 amide bonds. The van der Waals surface area contributed by atoms with E-state index in [0.29, 0.717) is 11.2 Å². The number of aromatic carboxylic acids is 1. The number of aromatic nitrogens is 2. The van der Waals surface area contributed by atoms with Crippen LogP contribution >= 0.6 is 0 Å². The molecule has 2 aliphatic rings. The van der Waals surface area contributed by atoms with Crippen LogP contribution in [0.4, 0.5) is 0 Å². The molecule has 0 bridgehead atoms. The third kappa shape index (κ3) is 1.24. The SMILES string of the molecule is O=C(O)c1ccnc(C2NCC23CCC3)n1. The first kappa shape index (κ1) is 9.72.